The van der Waals surface area contributed by atoms with Crippen LogP contribution < -0.4 is 4.72 Å². The number of rotatable bonds is 4. The van der Waals surface area contributed by atoms with Crippen molar-refractivity contribution in [1.82, 2.24) is 4.98 Å². The fourth-order valence-corrected chi connectivity index (χ4v) is 3.56. The first-order chi connectivity index (χ1) is 11.1. The Labute approximate surface area is 135 Å². The quantitative estimate of drug-likeness (QED) is 0.793. The first-order valence-electron chi connectivity index (χ1n) is 7.16. The zero-order valence-electron chi connectivity index (χ0n) is 12.6. The summed E-state index contributed by atoms with van der Waals surface area (Å²) in [7, 11) is -3.63. The van der Waals surface area contributed by atoms with Crippen LogP contribution in [0.5, 0.6) is 0 Å². The molecule has 0 spiro atoms. The standard InChI is InChI=1S/C18H16N2O2S/c1-14-7-5-6-10-17(14)23(21,22)20-18-12-11-16(13-19-18)15-8-3-2-4-9-15/h2-13H,1H3,(H,19,20). The molecule has 3 rings (SSSR count). The Bertz CT molecular complexity index is 905. The summed E-state index contributed by atoms with van der Waals surface area (Å²) in [6.07, 6.45) is 1.66. The van der Waals surface area contributed by atoms with E-state index >= 15 is 0 Å². The normalized spacial score (nSPS) is 11.2. The molecule has 0 aliphatic rings. The number of aromatic nitrogens is 1. The second-order valence-corrected chi connectivity index (χ2v) is 6.82. The molecule has 0 aliphatic heterocycles. The highest BCUT2D eigenvalue weighted by Crippen LogP contribution is 2.21. The van der Waals surface area contributed by atoms with Crippen LogP contribution in [-0.2, 0) is 10.0 Å². The maximum Gasteiger partial charge on any atom is 0.263 e. The summed E-state index contributed by atoms with van der Waals surface area (Å²) in [5.74, 6) is 0.299. The second kappa shape index (κ2) is 6.22. The zero-order chi connectivity index (χ0) is 16.3. The molecule has 0 saturated heterocycles. The lowest BCUT2D eigenvalue weighted by Gasteiger charge is -2.10. The minimum atomic E-state index is -3.63. The summed E-state index contributed by atoms with van der Waals surface area (Å²) in [6, 6.07) is 20.2. The van der Waals surface area contributed by atoms with E-state index in [0.717, 1.165) is 11.1 Å². The molecule has 1 aromatic heterocycles. The monoisotopic (exact) mass is 324 g/mol. The molecule has 1 N–H and O–H groups in total. The molecule has 3 aromatic rings. The Morgan fingerprint density at radius 1 is 0.826 bits per heavy atom. The van der Waals surface area contributed by atoms with Gasteiger partial charge in [-0.25, -0.2) is 13.4 Å². The fourth-order valence-electron chi connectivity index (χ4n) is 2.31. The Hall–Kier alpha value is -2.66. The van der Waals surface area contributed by atoms with Gasteiger partial charge >= 0.3 is 0 Å². The smallest absolute Gasteiger partial charge is 0.263 e. The number of nitrogens with one attached hydrogen (secondary N) is 1. The number of sulfonamides is 1. The Morgan fingerprint density at radius 2 is 1.52 bits per heavy atom. The van der Waals surface area contributed by atoms with Crippen molar-refractivity contribution in [1.29, 1.82) is 0 Å². The zero-order valence-corrected chi connectivity index (χ0v) is 13.4. The van der Waals surface area contributed by atoms with E-state index in [1.54, 1.807) is 43.5 Å². The first kappa shape index (κ1) is 15.2. The molecule has 1 heterocycles. The molecule has 0 radical (unpaired) electrons. The van der Waals surface area contributed by atoms with Crippen molar-refractivity contribution in [2.45, 2.75) is 11.8 Å². The topological polar surface area (TPSA) is 59.1 Å². The van der Waals surface area contributed by atoms with Gasteiger partial charge in [0, 0.05) is 11.8 Å². The molecular formula is C18H16N2O2S. The highest BCUT2D eigenvalue weighted by Gasteiger charge is 2.16. The van der Waals surface area contributed by atoms with Crippen molar-refractivity contribution >= 4 is 15.8 Å². The number of aryl methyl sites for hydroxylation is 1. The van der Waals surface area contributed by atoms with Crippen LogP contribution in [0, 0.1) is 6.92 Å². The van der Waals surface area contributed by atoms with Crippen LogP contribution in [0.2, 0.25) is 0 Å². The SMILES string of the molecule is Cc1ccccc1S(=O)(=O)Nc1ccc(-c2ccccc2)cn1. The van der Waals surface area contributed by atoms with Crippen LogP contribution in [-0.4, -0.2) is 13.4 Å². The third-order valence-electron chi connectivity index (χ3n) is 3.49. The van der Waals surface area contributed by atoms with Gasteiger partial charge in [-0.15, -0.1) is 0 Å². The van der Waals surface area contributed by atoms with E-state index < -0.39 is 10.0 Å². The van der Waals surface area contributed by atoms with Gasteiger partial charge in [-0.1, -0.05) is 48.5 Å². The predicted molar refractivity (Wildman–Crippen MR) is 91.7 cm³/mol. The average Bonchev–Trinajstić information content (AvgIpc) is 2.56. The van der Waals surface area contributed by atoms with E-state index in [1.807, 2.05) is 36.4 Å². The maximum absolute atomic E-state index is 12.4. The van der Waals surface area contributed by atoms with Gasteiger partial charge in [-0.3, -0.25) is 4.72 Å². The molecule has 2 aromatic carbocycles. The van der Waals surface area contributed by atoms with E-state index in [9.17, 15) is 8.42 Å². The number of anilines is 1. The molecule has 0 amide bonds. The molecule has 0 saturated carbocycles. The summed E-state index contributed by atoms with van der Waals surface area (Å²) < 4.78 is 27.4. The molecule has 116 valence electrons. The number of hydrogen-bond acceptors (Lipinski definition) is 3. The van der Waals surface area contributed by atoms with Crippen LogP contribution >= 0.6 is 0 Å². The van der Waals surface area contributed by atoms with Crippen molar-refractivity contribution in [2.75, 3.05) is 4.72 Å². The second-order valence-electron chi connectivity index (χ2n) is 5.17. The maximum atomic E-state index is 12.4. The molecule has 0 unspecified atom stereocenters. The van der Waals surface area contributed by atoms with Gasteiger partial charge in [-0.05, 0) is 36.2 Å². The van der Waals surface area contributed by atoms with Crippen molar-refractivity contribution < 1.29 is 8.42 Å². The van der Waals surface area contributed by atoms with Crippen molar-refractivity contribution in [3.63, 3.8) is 0 Å². The Kier molecular flexibility index (Phi) is 4.12. The lowest BCUT2D eigenvalue weighted by atomic mass is 10.1. The minimum absolute atomic E-state index is 0.258. The molecule has 23 heavy (non-hydrogen) atoms. The van der Waals surface area contributed by atoms with Gasteiger partial charge in [0.25, 0.3) is 10.0 Å². The number of hydrogen-bond donors (Lipinski definition) is 1. The van der Waals surface area contributed by atoms with Crippen LogP contribution in [0.4, 0.5) is 5.82 Å². The predicted octanol–water partition coefficient (Wildman–Crippen LogP) is 3.86. The molecule has 0 bridgehead atoms. The summed E-state index contributed by atoms with van der Waals surface area (Å²) >= 11 is 0. The number of nitrogens with zero attached hydrogens (tertiary/aromatic N) is 1. The highest BCUT2D eigenvalue weighted by molar-refractivity contribution is 7.92. The van der Waals surface area contributed by atoms with E-state index in [2.05, 4.69) is 9.71 Å². The molecule has 4 nitrogen and oxygen atoms in total. The summed E-state index contributed by atoms with van der Waals surface area (Å²) in [5, 5.41) is 0. The Balaban J connectivity index is 1.85. The summed E-state index contributed by atoms with van der Waals surface area (Å²) in [4.78, 5) is 4.46. The van der Waals surface area contributed by atoms with E-state index in [4.69, 9.17) is 0 Å². The van der Waals surface area contributed by atoms with E-state index in [0.29, 0.717) is 11.4 Å². The molecular weight excluding hydrogens is 308 g/mol. The highest BCUT2D eigenvalue weighted by atomic mass is 32.2. The van der Waals surface area contributed by atoms with Gasteiger partial charge in [0.05, 0.1) is 4.90 Å². The van der Waals surface area contributed by atoms with Gasteiger partial charge < -0.3 is 0 Å². The minimum Gasteiger partial charge on any atom is -0.263 e. The summed E-state index contributed by atoms with van der Waals surface area (Å²) in [5.41, 5.74) is 2.67. The third-order valence-corrected chi connectivity index (χ3v) is 5.01. The largest absolute Gasteiger partial charge is 0.263 e. The van der Waals surface area contributed by atoms with Crippen LogP contribution in [0.15, 0.2) is 77.8 Å². The lowest BCUT2D eigenvalue weighted by Crippen LogP contribution is -2.14. The van der Waals surface area contributed by atoms with Crippen LogP contribution in [0.1, 0.15) is 5.56 Å². The lowest BCUT2D eigenvalue weighted by molar-refractivity contribution is 0.600. The van der Waals surface area contributed by atoms with Crippen LogP contribution in [0.25, 0.3) is 11.1 Å². The van der Waals surface area contributed by atoms with Crippen molar-refractivity contribution in [2.24, 2.45) is 0 Å². The summed E-state index contributed by atoms with van der Waals surface area (Å²) in [6.45, 7) is 1.76. The molecule has 0 atom stereocenters. The van der Waals surface area contributed by atoms with E-state index in [1.165, 1.54) is 0 Å². The molecule has 5 heteroatoms. The van der Waals surface area contributed by atoms with Gasteiger partial charge in [0.15, 0.2) is 0 Å². The average molecular weight is 324 g/mol. The number of benzene rings is 2. The first-order valence-corrected chi connectivity index (χ1v) is 8.64. The van der Waals surface area contributed by atoms with Gasteiger partial charge in [0.1, 0.15) is 5.82 Å². The molecule has 0 aliphatic carbocycles. The third kappa shape index (κ3) is 3.40. The van der Waals surface area contributed by atoms with E-state index in [-0.39, 0.29) is 4.90 Å². The molecule has 0 fully saturated rings. The number of pyridine rings is 1. The van der Waals surface area contributed by atoms with Crippen molar-refractivity contribution in [3.8, 4) is 11.1 Å². The van der Waals surface area contributed by atoms with Gasteiger partial charge in [0.2, 0.25) is 0 Å². The van der Waals surface area contributed by atoms with Crippen LogP contribution in [0.3, 0.4) is 0 Å². The van der Waals surface area contributed by atoms with Gasteiger partial charge in [-0.2, -0.15) is 0 Å². The fraction of sp³-hybridized carbons (Fsp3) is 0.0556. The van der Waals surface area contributed by atoms with Crippen molar-refractivity contribution in [3.05, 3.63) is 78.5 Å². The Morgan fingerprint density at radius 3 is 2.17 bits per heavy atom.